The molecule has 0 aromatic carbocycles. The molecule has 3 rings (SSSR count). The Morgan fingerprint density at radius 1 is 1.36 bits per heavy atom. The molecule has 1 saturated heterocycles. The van der Waals surface area contributed by atoms with Crippen LogP contribution in [-0.2, 0) is 16.0 Å². The molecule has 3 heterocycles. The van der Waals surface area contributed by atoms with Gasteiger partial charge in [0, 0.05) is 25.4 Å². The number of hydrogen-bond acceptors (Lipinski definition) is 6. The van der Waals surface area contributed by atoms with Crippen molar-refractivity contribution >= 4 is 62.9 Å². The molecule has 2 aromatic rings. The fourth-order valence-electron chi connectivity index (χ4n) is 3.07. The van der Waals surface area contributed by atoms with Crippen molar-refractivity contribution < 1.29 is 14.4 Å². The molecule has 0 aliphatic carbocycles. The Bertz CT molecular complexity index is 890. The first kappa shape index (κ1) is 20.9. The minimum absolute atomic E-state index is 0.0991. The molecule has 4 N–H and O–H groups in total. The smallest absolute Gasteiger partial charge is 0.272 e. The van der Waals surface area contributed by atoms with Crippen LogP contribution in [-0.4, -0.2) is 61.2 Å². The van der Waals surface area contributed by atoms with E-state index in [0.29, 0.717) is 26.9 Å². The van der Waals surface area contributed by atoms with E-state index < -0.39 is 23.9 Å². The summed E-state index contributed by atoms with van der Waals surface area (Å²) in [5.74, 6) is -1.43. The Labute approximate surface area is 187 Å². The zero-order chi connectivity index (χ0) is 20.3. The van der Waals surface area contributed by atoms with E-state index in [1.165, 1.54) is 23.5 Å². The number of amides is 3. The molecule has 12 heteroatoms. The van der Waals surface area contributed by atoms with E-state index in [0.717, 1.165) is 5.69 Å². The lowest BCUT2D eigenvalue weighted by molar-refractivity contribution is -0.138. The Kier molecular flexibility index (Phi) is 6.79. The lowest BCUT2D eigenvalue weighted by Crippen LogP contribution is -2.53. The van der Waals surface area contributed by atoms with Crippen LogP contribution in [0.5, 0.6) is 0 Å². The number of hydrogen-bond donors (Lipinski definition) is 3. The maximum atomic E-state index is 13.2. The van der Waals surface area contributed by atoms with Gasteiger partial charge in [0.05, 0.1) is 11.9 Å². The first-order valence-electron chi connectivity index (χ1n) is 8.43. The van der Waals surface area contributed by atoms with Crippen molar-refractivity contribution in [3.8, 4) is 0 Å². The van der Waals surface area contributed by atoms with Gasteiger partial charge >= 0.3 is 0 Å². The molecule has 0 radical (unpaired) electrons. The van der Waals surface area contributed by atoms with Crippen LogP contribution in [0.2, 0.25) is 0 Å². The first-order chi connectivity index (χ1) is 13.4. The predicted octanol–water partition coefficient (Wildman–Crippen LogP) is 0.226. The van der Waals surface area contributed by atoms with E-state index in [9.17, 15) is 14.4 Å². The van der Waals surface area contributed by atoms with Crippen LogP contribution in [0.1, 0.15) is 29.0 Å². The number of halogens is 2. The summed E-state index contributed by atoms with van der Waals surface area (Å²) in [6.45, 7) is 0.418. The van der Waals surface area contributed by atoms with Gasteiger partial charge in [-0.15, -0.1) is 0 Å². The van der Waals surface area contributed by atoms with Crippen molar-refractivity contribution in [1.82, 2.24) is 30.2 Å². The number of rotatable bonds is 6. The lowest BCUT2D eigenvalue weighted by atomic mass is 10.1. The Morgan fingerprint density at radius 2 is 2.14 bits per heavy atom. The second-order valence-electron chi connectivity index (χ2n) is 6.21. The average molecular weight is 609 g/mol. The topological polar surface area (TPSA) is 147 Å². The highest BCUT2D eigenvalue weighted by Gasteiger charge is 2.37. The molecule has 2 atom stereocenters. The monoisotopic (exact) mass is 609 g/mol. The molecule has 148 valence electrons. The molecule has 10 nitrogen and oxygen atoms in total. The maximum absolute atomic E-state index is 13.2. The van der Waals surface area contributed by atoms with E-state index in [1.807, 2.05) is 22.6 Å². The second kappa shape index (κ2) is 9.11. The number of aromatic amines is 1. The third kappa shape index (κ3) is 4.76. The number of nitrogens with two attached hydrogens (primary N) is 1. The number of primary amides is 1. The van der Waals surface area contributed by atoms with Crippen LogP contribution < -0.4 is 11.1 Å². The van der Waals surface area contributed by atoms with Crippen molar-refractivity contribution in [3.05, 3.63) is 37.5 Å². The summed E-state index contributed by atoms with van der Waals surface area (Å²) in [6.07, 6.45) is 5.57. The number of carbonyl (C=O) groups is 3. The van der Waals surface area contributed by atoms with E-state index in [1.54, 1.807) is 0 Å². The van der Waals surface area contributed by atoms with Crippen LogP contribution in [0.25, 0.3) is 0 Å². The van der Waals surface area contributed by atoms with Gasteiger partial charge in [-0.05, 0) is 58.0 Å². The molecule has 1 aliphatic rings. The third-order valence-electron chi connectivity index (χ3n) is 4.37. The predicted molar refractivity (Wildman–Crippen MR) is 115 cm³/mol. The lowest BCUT2D eigenvalue weighted by Gasteiger charge is -2.27. The molecule has 1 aliphatic heterocycles. The molecule has 0 saturated carbocycles. The zero-order valence-corrected chi connectivity index (χ0v) is 18.9. The fourth-order valence-corrected chi connectivity index (χ4v) is 4.70. The summed E-state index contributed by atoms with van der Waals surface area (Å²) in [5.41, 5.74) is 6.26. The Hall–Kier alpha value is -1.84. The highest BCUT2D eigenvalue weighted by atomic mass is 127. The molecule has 1 fully saturated rings. The van der Waals surface area contributed by atoms with Gasteiger partial charge in [0.2, 0.25) is 11.8 Å². The van der Waals surface area contributed by atoms with Gasteiger partial charge in [-0.25, -0.2) is 9.97 Å². The molecule has 0 spiro atoms. The van der Waals surface area contributed by atoms with Gasteiger partial charge in [0.25, 0.3) is 5.91 Å². The normalized spacial score (nSPS) is 17.4. The van der Waals surface area contributed by atoms with Crippen molar-refractivity contribution in [2.75, 3.05) is 6.54 Å². The molecule has 0 bridgehead atoms. The van der Waals surface area contributed by atoms with Gasteiger partial charge in [0.1, 0.15) is 21.5 Å². The molecule has 0 unspecified atom stereocenters. The maximum Gasteiger partial charge on any atom is 0.272 e. The standard InChI is InChI=1S/C16H17I2N7O3/c17-12-8(23-16(18)24-12)6-9(22-14(27)10-7-20-3-4-21-10)15(28)25-5-1-2-11(25)13(19)26/h3-4,7,9,11H,1-2,5-6H2,(H2,19,26)(H,22,27)(H,23,24)/t9-,11-/m0/s1. The number of nitrogens with zero attached hydrogens (tertiary/aromatic N) is 4. The summed E-state index contributed by atoms with van der Waals surface area (Å²) in [5, 5.41) is 2.72. The van der Waals surface area contributed by atoms with E-state index >= 15 is 0 Å². The minimum atomic E-state index is -0.903. The number of aromatic nitrogens is 4. The summed E-state index contributed by atoms with van der Waals surface area (Å²) in [6, 6.07) is -1.57. The first-order valence-corrected chi connectivity index (χ1v) is 10.6. The van der Waals surface area contributed by atoms with Crippen molar-refractivity contribution in [2.45, 2.75) is 31.3 Å². The van der Waals surface area contributed by atoms with Gasteiger partial charge in [-0.2, -0.15) is 0 Å². The molecule has 3 amide bonds. The number of imidazole rings is 1. The minimum Gasteiger partial charge on any atom is -0.368 e. The summed E-state index contributed by atoms with van der Waals surface area (Å²) in [7, 11) is 0. The zero-order valence-electron chi connectivity index (χ0n) is 14.6. The quantitative estimate of drug-likeness (QED) is 0.400. The van der Waals surface area contributed by atoms with Gasteiger partial charge in [0.15, 0.2) is 3.83 Å². The van der Waals surface area contributed by atoms with E-state index in [4.69, 9.17) is 5.73 Å². The average Bonchev–Trinajstić information content (AvgIpc) is 3.28. The second-order valence-corrected chi connectivity index (χ2v) is 8.25. The molecule has 2 aromatic heterocycles. The largest absolute Gasteiger partial charge is 0.368 e. The van der Waals surface area contributed by atoms with Gasteiger partial charge in [-0.1, -0.05) is 0 Å². The van der Waals surface area contributed by atoms with Crippen molar-refractivity contribution in [2.24, 2.45) is 5.73 Å². The third-order valence-corrected chi connectivity index (χ3v) is 5.77. The summed E-state index contributed by atoms with van der Waals surface area (Å²) in [4.78, 5) is 54.1. The van der Waals surface area contributed by atoms with Crippen molar-refractivity contribution in [3.63, 3.8) is 0 Å². The Morgan fingerprint density at radius 3 is 2.75 bits per heavy atom. The van der Waals surface area contributed by atoms with Crippen LogP contribution in [0.3, 0.4) is 0 Å². The Balaban J connectivity index is 1.85. The van der Waals surface area contributed by atoms with Crippen LogP contribution >= 0.6 is 45.2 Å². The van der Waals surface area contributed by atoms with Gasteiger partial charge < -0.3 is 20.9 Å². The van der Waals surface area contributed by atoms with Crippen LogP contribution in [0.4, 0.5) is 0 Å². The van der Waals surface area contributed by atoms with Crippen molar-refractivity contribution in [1.29, 1.82) is 0 Å². The van der Waals surface area contributed by atoms with E-state index in [2.05, 4.69) is 47.8 Å². The highest BCUT2D eigenvalue weighted by molar-refractivity contribution is 14.1. The van der Waals surface area contributed by atoms with Crippen LogP contribution in [0, 0.1) is 7.53 Å². The number of carbonyl (C=O) groups excluding carboxylic acids is 3. The highest BCUT2D eigenvalue weighted by Crippen LogP contribution is 2.20. The molecule has 28 heavy (non-hydrogen) atoms. The SMILES string of the molecule is NC(=O)[C@@H]1CCCN1C(=O)[C@H](Cc1[nH]c(I)nc1I)NC(=O)c1cnccn1. The molecular formula is C16H17I2N7O3. The van der Waals surface area contributed by atoms with Gasteiger partial charge in [-0.3, -0.25) is 19.4 Å². The number of nitrogens with one attached hydrogen (secondary N) is 2. The molecular weight excluding hydrogens is 592 g/mol. The number of H-pyrrole nitrogens is 1. The fraction of sp³-hybridized carbons (Fsp3) is 0.375. The summed E-state index contributed by atoms with van der Waals surface area (Å²) >= 11 is 4.11. The summed E-state index contributed by atoms with van der Waals surface area (Å²) < 4.78 is 1.39. The van der Waals surface area contributed by atoms with E-state index in [-0.39, 0.29) is 18.0 Å². The van der Waals surface area contributed by atoms with Crippen LogP contribution in [0.15, 0.2) is 18.6 Å². The number of likely N-dealkylation sites (tertiary alicyclic amines) is 1.